The molecule has 0 heterocycles. The molecule has 0 aliphatic rings. The molecule has 2 amide bonds. The second kappa shape index (κ2) is 5.08. The van der Waals surface area contributed by atoms with Gasteiger partial charge in [0.1, 0.15) is 5.75 Å². The molecule has 5 heteroatoms. The minimum atomic E-state index is -0.624. The second-order valence-corrected chi connectivity index (χ2v) is 2.64. The molecule has 0 atom stereocenters. The smallest absolute Gasteiger partial charge is 0.338 e. The lowest BCUT2D eigenvalue weighted by Gasteiger charge is -2.04. The summed E-state index contributed by atoms with van der Waals surface area (Å²) in [5.74, 6) is 0.764. The fraction of sp³-hybridized carbons (Fsp3) is 0.222. The molecule has 5 nitrogen and oxygen atoms in total. The number of hydroxylamine groups is 1. The number of benzene rings is 1. The van der Waals surface area contributed by atoms with E-state index in [2.05, 4.69) is 5.32 Å². The lowest BCUT2D eigenvalue weighted by molar-refractivity contribution is 0.161. The summed E-state index contributed by atoms with van der Waals surface area (Å²) in [6.07, 6.45) is 0. The van der Waals surface area contributed by atoms with E-state index >= 15 is 0 Å². The molecule has 0 saturated carbocycles. The van der Waals surface area contributed by atoms with Crippen molar-refractivity contribution >= 4 is 6.03 Å². The van der Waals surface area contributed by atoms with E-state index in [1.54, 1.807) is 19.2 Å². The van der Waals surface area contributed by atoms with Crippen LogP contribution < -0.4 is 15.5 Å². The van der Waals surface area contributed by atoms with Gasteiger partial charge in [0.25, 0.3) is 0 Å². The largest absolute Gasteiger partial charge is 0.497 e. The lowest BCUT2D eigenvalue weighted by Crippen LogP contribution is -2.32. The van der Waals surface area contributed by atoms with Crippen LogP contribution in [0.3, 0.4) is 0 Å². The van der Waals surface area contributed by atoms with E-state index in [0.717, 1.165) is 11.3 Å². The first-order chi connectivity index (χ1) is 6.76. The van der Waals surface area contributed by atoms with Crippen molar-refractivity contribution in [1.29, 1.82) is 0 Å². The molecule has 0 bridgehead atoms. The summed E-state index contributed by atoms with van der Waals surface area (Å²) >= 11 is 0. The van der Waals surface area contributed by atoms with Gasteiger partial charge in [0, 0.05) is 6.54 Å². The summed E-state index contributed by atoms with van der Waals surface area (Å²) in [4.78, 5) is 10.6. The summed E-state index contributed by atoms with van der Waals surface area (Å²) < 4.78 is 4.98. The van der Waals surface area contributed by atoms with Crippen LogP contribution >= 0.6 is 0 Å². The van der Waals surface area contributed by atoms with Crippen molar-refractivity contribution in [2.75, 3.05) is 7.11 Å². The minimum Gasteiger partial charge on any atom is -0.497 e. The van der Waals surface area contributed by atoms with Gasteiger partial charge in [-0.25, -0.2) is 10.3 Å². The van der Waals surface area contributed by atoms with Gasteiger partial charge in [-0.2, -0.15) is 0 Å². The molecule has 1 rings (SSSR count). The van der Waals surface area contributed by atoms with Gasteiger partial charge in [0.2, 0.25) is 0 Å². The van der Waals surface area contributed by atoms with Crippen LogP contribution in [0.5, 0.6) is 5.75 Å². The SMILES string of the molecule is COc1ccc(CNC(=O)NO)cc1. The fourth-order valence-electron chi connectivity index (χ4n) is 0.965. The molecule has 76 valence electrons. The van der Waals surface area contributed by atoms with Crippen LogP contribution in [0.15, 0.2) is 24.3 Å². The molecule has 3 N–H and O–H groups in total. The Morgan fingerprint density at radius 2 is 2.07 bits per heavy atom. The molecule has 0 spiro atoms. The van der Waals surface area contributed by atoms with Gasteiger partial charge in [-0.05, 0) is 17.7 Å². The third kappa shape index (κ3) is 2.95. The van der Waals surface area contributed by atoms with Crippen LogP contribution in [0.2, 0.25) is 0 Å². The molecular weight excluding hydrogens is 184 g/mol. The number of urea groups is 1. The van der Waals surface area contributed by atoms with Gasteiger partial charge in [-0.3, -0.25) is 5.21 Å². The quantitative estimate of drug-likeness (QED) is 0.496. The number of hydrogen-bond acceptors (Lipinski definition) is 3. The van der Waals surface area contributed by atoms with Crippen molar-refractivity contribution < 1.29 is 14.7 Å². The predicted octanol–water partition coefficient (Wildman–Crippen LogP) is 0.884. The standard InChI is InChI=1S/C9H12N2O3/c1-14-8-4-2-7(3-5-8)6-10-9(12)11-13/h2-5,13H,6H2,1H3,(H2,10,11,12). The maximum absolute atomic E-state index is 10.6. The van der Waals surface area contributed by atoms with E-state index in [1.165, 1.54) is 5.48 Å². The average Bonchev–Trinajstić information content (AvgIpc) is 2.26. The van der Waals surface area contributed by atoms with Gasteiger partial charge >= 0.3 is 6.03 Å². The third-order valence-electron chi connectivity index (χ3n) is 1.71. The lowest BCUT2D eigenvalue weighted by atomic mass is 10.2. The first-order valence-electron chi connectivity index (χ1n) is 4.07. The molecule has 1 aromatic rings. The van der Waals surface area contributed by atoms with Crippen LogP contribution in [0, 0.1) is 0 Å². The van der Waals surface area contributed by atoms with Crippen molar-refractivity contribution in [2.45, 2.75) is 6.54 Å². The monoisotopic (exact) mass is 196 g/mol. The topological polar surface area (TPSA) is 70.6 Å². The zero-order valence-corrected chi connectivity index (χ0v) is 7.78. The van der Waals surface area contributed by atoms with Crippen molar-refractivity contribution in [1.82, 2.24) is 10.8 Å². The van der Waals surface area contributed by atoms with E-state index in [-0.39, 0.29) is 0 Å². The Hall–Kier alpha value is -1.75. The molecule has 1 aromatic carbocycles. The highest BCUT2D eigenvalue weighted by atomic mass is 16.5. The Morgan fingerprint density at radius 3 is 2.57 bits per heavy atom. The summed E-state index contributed by atoms with van der Waals surface area (Å²) in [6.45, 7) is 0.358. The highest BCUT2D eigenvalue weighted by molar-refractivity contribution is 5.72. The average molecular weight is 196 g/mol. The Labute approximate surface area is 81.6 Å². The number of ether oxygens (including phenoxy) is 1. The second-order valence-electron chi connectivity index (χ2n) is 2.64. The zero-order valence-electron chi connectivity index (χ0n) is 7.78. The van der Waals surface area contributed by atoms with E-state index in [9.17, 15) is 4.79 Å². The first kappa shape index (κ1) is 10.3. The molecular formula is C9H12N2O3. The summed E-state index contributed by atoms with van der Waals surface area (Å²) in [5.41, 5.74) is 2.41. The Kier molecular flexibility index (Phi) is 3.75. The van der Waals surface area contributed by atoms with E-state index in [4.69, 9.17) is 9.94 Å². The number of carbonyl (C=O) groups excluding carboxylic acids is 1. The third-order valence-corrected chi connectivity index (χ3v) is 1.71. The Morgan fingerprint density at radius 1 is 1.43 bits per heavy atom. The number of carbonyl (C=O) groups is 1. The molecule has 14 heavy (non-hydrogen) atoms. The van der Waals surface area contributed by atoms with Gasteiger partial charge in [-0.15, -0.1) is 0 Å². The van der Waals surface area contributed by atoms with Crippen LogP contribution in [-0.2, 0) is 6.54 Å². The molecule has 0 saturated heterocycles. The maximum Gasteiger partial charge on any atom is 0.338 e. The van der Waals surface area contributed by atoms with Gasteiger partial charge in [0.15, 0.2) is 0 Å². The van der Waals surface area contributed by atoms with Crippen LogP contribution in [0.25, 0.3) is 0 Å². The number of rotatable bonds is 3. The Bertz CT molecular complexity index is 297. The van der Waals surface area contributed by atoms with Crippen LogP contribution in [0.4, 0.5) is 4.79 Å². The first-order valence-corrected chi connectivity index (χ1v) is 4.07. The van der Waals surface area contributed by atoms with Crippen molar-refractivity contribution in [3.63, 3.8) is 0 Å². The summed E-state index contributed by atoms with van der Waals surface area (Å²) in [5, 5.41) is 10.7. The Balaban J connectivity index is 2.47. The van der Waals surface area contributed by atoms with E-state index in [0.29, 0.717) is 6.54 Å². The van der Waals surface area contributed by atoms with E-state index < -0.39 is 6.03 Å². The number of methoxy groups -OCH3 is 1. The zero-order chi connectivity index (χ0) is 10.4. The summed E-state index contributed by atoms with van der Waals surface area (Å²) in [6, 6.07) is 6.63. The number of hydrogen-bond donors (Lipinski definition) is 3. The van der Waals surface area contributed by atoms with Gasteiger partial charge in [-0.1, -0.05) is 12.1 Å². The molecule has 0 aliphatic carbocycles. The molecule has 0 aliphatic heterocycles. The molecule has 0 fully saturated rings. The highest BCUT2D eigenvalue weighted by Crippen LogP contribution is 2.10. The van der Waals surface area contributed by atoms with Crippen molar-refractivity contribution in [3.05, 3.63) is 29.8 Å². The highest BCUT2D eigenvalue weighted by Gasteiger charge is 1.97. The normalized spacial score (nSPS) is 9.29. The molecule has 0 radical (unpaired) electrons. The minimum absolute atomic E-state index is 0.358. The van der Waals surface area contributed by atoms with Gasteiger partial charge in [0.05, 0.1) is 7.11 Å². The fourth-order valence-corrected chi connectivity index (χ4v) is 0.965. The van der Waals surface area contributed by atoms with Crippen LogP contribution in [-0.4, -0.2) is 18.3 Å². The molecule has 0 aromatic heterocycles. The summed E-state index contributed by atoms with van der Waals surface area (Å²) in [7, 11) is 1.59. The van der Waals surface area contributed by atoms with Crippen molar-refractivity contribution in [2.24, 2.45) is 0 Å². The van der Waals surface area contributed by atoms with E-state index in [1.807, 2.05) is 12.1 Å². The predicted molar refractivity (Wildman–Crippen MR) is 50.2 cm³/mol. The van der Waals surface area contributed by atoms with Crippen molar-refractivity contribution in [3.8, 4) is 5.75 Å². The maximum atomic E-state index is 10.6. The molecule has 0 unspecified atom stereocenters. The number of amides is 2. The number of nitrogens with one attached hydrogen (secondary N) is 2. The van der Waals surface area contributed by atoms with Gasteiger partial charge < -0.3 is 10.1 Å². The van der Waals surface area contributed by atoms with Crippen LogP contribution in [0.1, 0.15) is 5.56 Å².